The van der Waals surface area contributed by atoms with E-state index in [4.69, 9.17) is 4.74 Å². The van der Waals surface area contributed by atoms with Gasteiger partial charge in [0, 0.05) is 18.5 Å². The number of nitrogens with zero attached hydrogens (tertiary/aromatic N) is 3. The molecular weight excluding hydrogens is 416 g/mol. The first-order valence-electron chi connectivity index (χ1n) is 8.54. The quantitative estimate of drug-likeness (QED) is 0.525. The third kappa shape index (κ3) is 4.50. The number of ether oxygens (including phenoxy) is 1. The number of urea groups is 1. The maximum atomic E-state index is 12.6. The summed E-state index contributed by atoms with van der Waals surface area (Å²) in [5, 5.41) is 11.2. The van der Waals surface area contributed by atoms with E-state index >= 15 is 0 Å². The van der Waals surface area contributed by atoms with Gasteiger partial charge in [0.05, 0.1) is 18.7 Å². The Morgan fingerprint density at radius 2 is 1.93 bits per heavy atom. The smallest absolute Gasteiger partial charge is 0.338 e. The fourth-order valence-electron chi connectivity index (χ4n) is 2.75. The lowest BCUT2D eigenvalue weighted by molar-refractivity contribution is -0.136. The van der Waals surface area contributed by atoms with E-state index in [2.05, 4.69) is 22.4 Å². The van der Waals surface area contributed by atoms with Crippen LogP contribution in [-0.2, 0) is 9.53 Å². The molecule has 0 spiro atoms. The molecule has 0 saturated heterocycles. The largest absolute Gasteiger partial charge is 0.466 e. The standard InChI is InChI=1S/C18H20N4O3S3/c1-4-26-17-20-21-18(28-17)27-10-12-13(15(23)25-3)14(19-16(24)22(12)2)11-8-6-5-7-9-11/h5-9,14H,4,10H2,1-3H3,(H,19,24)/t14-/m1/s1. The van der Waals surface area contributed by atoms with Gasteiger partial charge in [-0.1, -0.05) is 72.1 Å². The molecule has 0 unspecified atom stereocenters. The van der Waals surface area contributed by atoms with Crippen LogP contribution >= 0.6 is 34.9 Å². The van der Waals surface area contributed by atoms with Crippen LogP contribution in [0.1, 0.15) is 18.5 Å². The van der Waals surface area contributed by atoms with Crippen LogP contribution in [0.25, 0.3) is 0 Å². The second-order valence-corrected chi connectivity index (χ2v) is 9.47. The van der Waals surface area contributed by atoms with Gasteiger partial charge in [-0.3, -0.25) is 4.90 Å². The molecule has 1 aliphatic rings. The highest BCUT2D eigenvalue weighted by molar-refractivity contribution is 8.03. The number of carbonyl (C=O) groups excluding carboxylic acids is 2. The number of thioether (sulfide) groups is 2. The van der Waals surface area contributed by atoms with Crippen molar-refractivity contribution in [2.45, 2.75) is 21.6 Å². The minimum absolute atomic E-state index is 0.267. The van der Waals surface area contributed by atoms with E-state index in [1.54, 1.807) is 18.8 Å². The van der Waals surface area contributed by atoms with Crippen molar-refractivity contribution in [3.8, 4) is 0 Å². The predicted octanol–water partition coefficient (Wildman–Crippen LogP) is 3.57. The Hall–Kier alpha value is -2.04. The van der Waals surface area contributed by atoms with Crippen LogP contribution in [0.3, 0.4) is 0 Å². The molecule has 1 aromatic carbocycles. The van der Waals surface area contributed by atoms with Crippen molar-refractivity contribution in [1.29, 1.82) is 0 Å². The second-order valence-electron chi connectivity index (χ2n) is 5.76. The Bertz CT molecular complexity index is 885. The zero-order valence-corrected chi connectivity index (χ0v) is 18.1. The Morgan fingerprint density at radius 1 is 1.25 bits per heavy atom. The first-order valence-corrected chi connectivity index (χ1v) is 11.3. The van der Waals surface area contributed by atoms with Gasteiger partial charge >= 0.3 is 12.0 Å². The number of esters is 1. The topological polar surface area (TPSA) is 84.4 Å². The van der Waals surface area contributed by atoms with Gasteiger partial charge in [-0.25, -0.2) is 9.59 Å². The Labute approximate surface area is 175 Å². The molecule has 1 N–H and O–H groups in total. The van der Waals surface area contributed by atoms with E-state index in [-0.39, 0.29) is 6.03 Å². The van der Waals surface area contributed by atoms with Gasteiger partial charge in [0.2, 0.25) is 0 Å². The number of aromatic nitrogens is 2. The van der Waals surface area contributed by atoms with Crippen LogP contribution in [0.15, 0.2) is 50.3 Å². The van der Waals surface area contributed by atoms with Gasteiger partial charge in [-0.05, 0) is 11.3 Å². The minimum Gasteiger partial charge on any atom is -0.466 e. The summed E-state index contributed by atoms with van der Waals surface area (Å²) in [6.45, 7) is 2.06. The summed E-state index contributed by atoms with van der Waals surface area (Å²) < 4.78 is 6.73. The lowest BCUT2D eigenvalue weighted by atomic mass is 9.95. The molecule has 0 bridgehead atoms. The molecule has 28 heavy (non-hydrogen) atoms. The first-order chi connectivity index (χ1) is 13.5. The molecule has 2 aromatic rings. The van der Waals surface area contributed by atoms with Crippen molar-refractivity contribution >= 4 is 46.9 Å². The monoisotopic (exact) mass is 436 g/mol. The number of rotatable bonds is 7. The fraction of sp³-hybridized carbons (Fsp3) is 0.333. The Balaban J connectivity index is 1.94. The van der Waals surface area contributed by atoms with Crippen LogP contribution < -0.4 is 5.32 Å². The second kappa shape index (κ2) is 9.44. The lowest BCUT2D eigenvalue weighted by Crippen LogP contribution is -2.47. The van der Waals surface area contributed by atoms with Gasteiger partial charge in [0.1, 0.15) is 0 Å². The summed E-state index contributed by atoms with van der Waals surface area (Å²) in [7, 11) is 2.99. The molecule has 0 radical (unpaired) electrons. The maximum Gasteiger partial charge on any atom is 0.338 e. The minimum atomic E-state index is -0.562. The van der Waals surface area contributed by atoms with Crippen molar-refractivity contribution in [3.63, 3.8) is 0 Å². The highest BCUT2D eigenvalue weighted by Crippen LogP contribution is 2.35. The molecule has 0 aliphatic carbocycles. The summed E-state index contributed by atoms with van der Waals surface area (Å²) in [5.41, 5.74) is 1.86. The SMILES string of the molecule is CCSc1nnc(SCC2=C(C(=O)OC)[C@@H](c3ccccc3)NC(=O)N2C)s1. The third-order valence-corrected chi connectivity index (χ3v) is 7.19. The maximum absolute atomic E-state index is 12.6. The first kappa shape index (κ1) is 20.7. The molecule has 0 saturated carbocycles. The molecule has 148 valence electrons. The van der Waals surface area contributed by atoms with E-state index < -0.39 is 12.0 Å². The molecule has 0 fully saturated rings. The number of carbonyl (C=O) groups is 2. The Kier molecular flexibility index (Phi) is 6.97. The predicted molar refractivity (Wildman–Crippen MR) is 112 cm³/mol. The van der Waals surface area contributed by atoms with Gasteiger partial charge in [0.25, 0.3) is 0 Å². The van der Waals surface area contributed by atoms with Crippen LogP contribution in [0.2, 0.25) is 0 Å². The van der Waals surface area contributed by atoms with Crippen LogP contribution in [0, 0.1) is 0 Å². The van der Waals surface area contributed by atoms with Crippen LogP contribution in [-0.4, -0.2) is 52.8 Å². The van der Waals surface area contributed by atoms with Crippen LogP contribution in [0.5, 0.6) is 0 Å². The van der Waals surface area contributed by atoms with Gasteiger partial charge in [-0.15, -0.1) is 10.2 Å². The summed E-state index contributed by atoms with van der Waals surface area (Å²) in [5.74, 6) is 0.873. The average molecular weight is 437 g/mol. The number of amides is 2. The summed E-state index contributed by atoms with van der Waals surface area (Å²) >= 11 is 4.60. The normalized spacial score (nSPS) is 16.9. The molecule has 1 aliphatic heterocycles. The zero-order chi connectivity index (χ0) is 20.1. The molecule has 7 nitrogen and oxygen atoms in total. The number of hydrogen-bond acceptors (Lipinski definition) is 8. The van der Waals surface area contributed by atoms with Crippen molar-refractivity contribution < 1.29 is 14.3 Å². The van der Waals surface area contributed by atoms with Crippen molar-refractivity contribution in [2.24, 2.45) is 0 Å². The van der Waals surface area contributed by atoms with Gasteiger partial charge in [0.15, 0.2) is 8.68 Å². The van der Waals surface area contributed by atoms with E-state index in [0.717, 1.165) is 20.0 Å². The highest BCUT2D eigenvalue weighted by Gasteiger charge is 2.36. The number of methoxy groups -OCH3 is 1. The zero-order valence-electron chi connectivity index (χ0n) is 15.7. The summed E-state index contributed by atoms with van der Waals surface area (Å²) in [6, 6.07) is 8.56. The summed E-state index contributed by atoms with van der Waals surface area (Å²) in [4.78, 5) is 26.6. The van der Waals surface area contributed by atoms with E-state index in [1.165, 1.54) is 35.1 Å². The van der Waals surface area contributed by atoms with E-state index in [9.17, 15) is 9.59 Å². The van der Waals surface area contributed by atoms with Crippen molar-refractivity contribution in [2.75, 3.05) is 25.7 Å². The van der Waals surface area contributed by atoms with Crippen molar-refractivity contribution in [3.05, 3.63) is 47.2 Å². The van der Waals surface area contributed by atoms with Crippen LogP contribution in [0.4, 0.5) is 4.79 Å². The highest BCUT2D eigenvalue weighted by atomic mass is 32.2. The number of hydrogen-bond donors (Lipinski definition) is 1. The summed E-state index contributed by atoms with van der Waals surface area (Å²) in [6.07, 6.45) is 0. The average Bonchev–Trinajstić information content (AvgIpc) is 3.16. The third-order valence-electron chi connectivity index (χ3n) is 4.10. The van der Waals surface area contributed by atoms with Gasteiger partial charge < -0.3 is 10.1 Å². The molecule has 3 rings (SSSR count). The van der Waals surface area contributed by atoms with E-state index in [1.807, 2.05) is 30.3 Å². The molecule has 2 heterocycles. The fourth-order valence-corrected chi connectivity index (χ4v) is 5.75. The molecule has 10 heteroatoms. The van der Waals surface area contributed by atoms with E-state index in [0.29, 0.717) is 17.0 Å². The number of benzene rings is 1. The number of nitrogens with one attached hydrogen (secondary N) is 1. The lowest BCUT2D eigenvalue weighted by Gasteiger charge is -2.34. The van der Waals surface area contributed by atoms with Crippen molar-refractivity contribution in [1.82, 2.24) is 20.4 Å². The molecule has 1 aromatic heterocycles. The molecule has 1 atom stereocenters. The Morgan fingerprint density at radius 3 is 2.57 bits per heavy atom. The molecule has 2 amide bonds. The molecular formula is C18H20N4O3S3. The van der Waals surface area contributed by atoms with Gasteiger partial charge in [-0.2, -0.15) is 0 Å².